The summed E-state index contributed by atoms with van der Waals surface area (Å²) < 4.78 is 0. The molecule has 1 rings (SSSR count). The van der Waals surface area contributed by atoms with Crippen molar-refractivity contribution in [2.24, 2.45) is 5.73 Å². The van der Waals surface area contributed by atoms with Gasteiger partial charge in [-0.05, 0) is 12.8 Å². The lowest BCUT2D eigenvalue weighted by atomic mass is 10.3. The molecule has 3 heteroatoms. The molecule has 0 aromatic rings. The van der Waals surface area contributed by atoms with Gasteiger partial charge in [-0.2, -0.15) is 0 Å². The Hall–Kier alpha value is -0.120. The number of hydrogen-bond donors (Lipinski definition) is 1. The summed E-state index contributed by atoms with van der Waals surface area (Å²) in [6.07, 6.45) is 2.64. The summed E-state index contributed by atoms with van der Waals surface area (Å²) in [6.45, 7) is 1.12. The molecular formula is C6H15N3. The SMILES string of the molecule is CN(C)N1CCCC1N. The summed E-state index contributed by atoms with van der Waals surface area (Å²) in [5.74, 6) is 0. The lowest BCUT2D eigenvalue weighted by Gasteiger charge is -2.27. The van der Waals surface area contributed by atoms with Crippen LogP contribution >= 0.6 is 0 Å². The van der Waals surface area contributed by atoms with E-state index in [-0.39, 0.29) is 6.17 Å². The number of nitrogens with two attached hydrogens (primary N) is 1. The summed E-state index contributed by atoms with van der Waals surface area (Å²) in [5, 5.41) is 4.25. The highest BCUT2D eigenvalue weighted by Gasteiger charge is 2.21. The highest BCUT2D eigenvalue weighted by atomic mass is 15.6. The van der Waals surface area contributed by atoms with E-state index in [9.17, 15) is 0 Å². The van der Waals surface area contributed by atoms with Crippen molar-refractivity contribution in [2.75, 3.05) is 20.6 Å². The fraction of sp³-hybridized carbons (Fsp3) is 1.00. The van der Waals surface area contributed by atoms with E-state index in [0.29, 0.717) is 0 Å². The van der Waals surface area contributed by atoms with E-state index < -0.39 is 0 Å². The molecule has 1 saturated heterocycles. The molecule has 0 aromatic heterocycles. The van der Waals surface area contributed by atoms with Crippen molar-refractivity contribution in [3.8, 4) is 0 Å². The Kier molecular flexibility index (Phi) is 2.05. The van der Waals surface area contributed by atoms with Gasteiger partial charge in [0.15, 0.2) is 0 Å². The van der Waals surface area contributed by atoms with Crippen LogP contribution in [0, 0.1) is 0 Å². The first-order valence-electron chi connectivity index (χ1n) is 3.41. The van der Waals surface area contributed by atoms with Crippen LogP contribution in [-0.4, -0.2) is 36.8 Å². The van der Waals surface area contributed by atoms with E-state index in [1.807, 2.05) is 14.1 Å². The van der Waals surface area contributed by atoms with Gasteiger partial charge in [0.05, 0.1) is 6.17 Å². The third-order valence-electron chi connectivity index (χ3n) is 1.78. The predicted octanol–water partition coefficient (Wildman–Crippen LogP) is -0.156. The largest absolute Gasteiger partial charge is 0.315 e. The third-order valence-corrected chi connectivity index (χ3v) is 1.78. The maximum atomic E-state index is 5.76. The van der Waals surface area contributed by atoms with E-state index in [2.05, 4.69) is 10.0 Å². The van der Waals surface area contributed by atoms with Crippen LogP contribution in [0.15, 0.2) is 0 Å². The van der Waals surface area contributed by atoms with Crippen LogP contribution in [0.5, 0.6) is 0 Å². The van der Waals surface area contributed by atoms with E-state index in [1.54, 1.807) is 0 Å². The monoisotopic (exact) mass is 129 g/mol. The fourth-order valence-corrected chi connectivity index (χ4v) is 1.27. The van der Waals surface area contributed by atoms with Crippen LogP contribution < -0.4 is 5.73 Å². The van der Waals surface area contributed by atoms with Crippen molar-refractivity contribution in [1.29, 1.82) is 0 Å². The predicted molar refractivity (Wildman–Crippen MR) is 37.6 cm³/mol. The number of nitrogens with zero attached hydrogens (tertiary/aromatic N) is 2. The lowest BCUT2D eigenvalue weighted by molar-refractivity contribution is 0.0144. The van der Waals surface area contributed by atoms with E-state index in [0.717, 1.165) is 13.0 Å². The molecule has 0 amide bonds. The van der Waals surface area contributed by atoms with Gasteiger partial charge < -0.3 is 5.73 Å². The Morgan fingerprint density at radius 2 is 2.22 bits per heavy atom. The number of rotatable bonds is 1. The summed E-state index contributed by atoms with van der Waals surface area (Å²) in [6, 6.07) is 0. The van der Waals surface area contributed by atoms with E-state index in [4.69, 9.17) is 5.73 Å². The van der Waals surface area contributed by atoms with Gasteiger partial charge in [0, 0.05) is 20.6 Å². The maximum Gasteiger partial charge on any atom is 0.0710 e. The van der Waals surface area contributed by atoms with Crippen LogP contribution in [-0.2, 0) is 0 Å². The minimum absolute atomic E-state index is 0.264. The first kappa shape index (κ1) is 6.99. The summed E-state index contributed by atoms with van der Waals surface area (Å²) in [5.41, 5.74) is 5.76. The Labute approximate surface area is 56.4 Å². The Morgan fingerprint density at radius 3 is 2.44 bits per heavy atom. The first-order chi connectivity index (χ1) is 4.22. The van der Waals surface area contributed by atoms with E-state index in [1.165, 1.54) is 6.42 Å². The Morgan fingerprint density at radius 1 is 1.56 bits per heavy atom. The minimum Gasteiger partial charge on any atom is -0.315 e. The Balaban J connectivity index is 2.40. The van der Waals surface area contributed by atoms with Crippen LogP contribution in [0.1, 0.15) is 12.8 Å². The van der Waals surface area contributed by atoms with E-state index >= 15 is 0 Å². The van der Waals surface area contributed by atoms with Gasteiger partial charge in [-0.1, -0.05) is 0 Å². The highest BCUT2D eigenvalue weighted by Crippen LogP contribution is 2.12. The number of hydrogen-bond acceptors (Lipinski definition) is 3. The van der Waals surface area contributed by atoms with Gasteiger partial charge in [-0.25, -0.2) is 10.0 Å². The van der Waals surface area contributed by atoms with Crippen molar-refractivity contribution < 1.29 is 0 Å². The van der Waals surface area contributed by atoms with Gasteiger partial charge in [0.25, 0.3) is 0 Å². The van der Waals surface area contributed by atoms with Crippen molar-refractivity contribution in [1.82, 2.24) is 10.0 Å². The molecule has 0 spiro atoms. The molecule has 9 heavy (non-hydrogen) atoms. The van der Waals surface area contributed by atoms with Crippen LogP contribution in [0.25, 0.3) is 0 Å². The summed E-state index contributed by atoms with van der Waals surface area (Å²) in [4.78, 5) is 0. The van der Waals surface area contributed by atoms with Gasteiger partial charge >= 0.3 is 0 Å². The average Bonchev–Trinajstić information content (AvgIpc) is 2.13. The molecular weight excluding hydrogens is 114 g/mol. The second-order valence-electron chi connectivity index (χ2n) is 2.72. The average molecular weight is 129 g/mol. The molecule has 1 aliphatic rings. The molecule has 1 aliphatic heterocycles. The lowest BCUT2D eigenvalue weighted by Crippen LogP contribution is -2.45. The molecule has 2 N–H and O–H groups in total. The summed E-state index contributed by atoms with van der Waals surface area (Å²) >= 11 is 0. The van der Waals surface area contributed by atoms with Crippen molar-refractivity contribution in [2.45, 2.75) is 19.0 Å². The summed E-state index contributed by atoms with van der Waals surface area (Å²) in [7, 11) is 4.07. The van der Waals surface area contributed by atoms with Crippen molar-refractivity contribution in [3.63, 3.8) is 0 Å². The number of hydrazine groups is 1. The molecule has 0 aromatic carbocycles. The first-order valence-corrected chi connectivity index (χ1v) is 3.41. The Bertz CT molecular complexity index is 92.3. The molecule has 0 radical (unpaired) electrons. The molecule has 0 aliphatic carbocycles. The smallest absolute Gasteiger partial charge is 0.0710 e. The molecule has 1 atom stereocenters. The molecule has 0 saturated carbocycles. The zero-order chi connectivity index (χ0) is 6.85. The van der Waals surface area contributed by atoms with Crippen LogP contribution in [0.2, 0.25) is 0 Å². The second-order valence-corrected chi connectivity index (χ2v) is 2.72. The van der Waals surface area contributed by atoms with Crippen LogP contribution in [0.3, 0.4) is 0 Å². The second kappa shape index (κ2) is 2.64. The molecule has 1 fully saturated rings. The van der Waals surface area contributed by atoms with Gasteiger partial charge in [0.2, 0.25) is 0 Å². The van der Waals surface area contributed by atoms with Gasteiger partial charge in [0.1, 0.15) is 0 Å². The normalized spacial score (nSPS) is 30.0. The zero-order valence-corrected chi connectivity index (χ0v) is 6.17. The molecule has 1 unspecified atom stereocenters. The topological polar surface area (TPSA) is 32.5 Å². The molecule has 3 nitrogen and oxygen atoms in total. The zero-order valence-electron chi connectivity index (χ0n) is 6.17. The molecule has 0 bridgehead atoms. The molecule has 1 heterocycles. The maximum absolute atomic E-state index is 5.76. The van der Waals surface area contributed by atoms with Crippen molar-refractivity contribution in [3.05, 3.63) is 0 Å². The van der Waals surface area contributed by atoms with Crippen LogP contribution in [0.4, 0.5) is 0 Å². The van der Waals surface area contributed by atoms with Gasteiger partial charge in [-0.3, -0.25) is 0 Å². The highest BCUT2D eigenvalue weighted by molar-refractivity contribution is 4.69. The van der Waals surface area contributed by atoms with Gasteiger partial charge in [-0.15, -0.1) is 0 Å². The third kappa shape index (κ3) is 1.41. The standard InChI is InChI=1S/C6H15N3/c1-8(2)9-5-3-4-6(9)7/h6H,3-5,7H2,1-2H3. The fourth-order valence-electron chi connectivity index (χ4n) is 1.27. The minimum atomic E-state index is 0.264. The van der Waals surface area contributed by atoms with Crippen molar-refractivity contribution >= 4 is 0 Å². The molecule has 54 valence electrons. The quantitative estimate of drug-likeness (QED) is 0.534.